The van der Waals surface area contributed by atoms with Crippen molar-refractivity contribution < 1.29 is 30.5 Å². The van der Waals surface area contributed by atoms with E-state index in [0.29, 0.717) is 0 Å². The van der Waals surface area contributed by atoms with Crippen LogP contribution in [0.4, 0.5) is 17.6 Å². The van der Waals surface area contributed by atoms with E-state index in [1.807, 2.05) is 0 Å². The Morgan fingerprint density at radius 3 is 1.62 bits per heavy atom. The predicted molar refractivity (Wildman–Crippen MR) is 45.5 cm³/mol. The normalized spacial score (nSPS) is 11.9. The highest BCUT2D eigenvalue weighted by atomic mass is 32.2. The van der Waals surface area contributed by atoms with Crippen LogP contribution in [-0.2, 0) is 16.5 Å². The van der Waals surface area contributed by atoms with Gasteiger partial charge >= 0.3 is 10.1 Å². The average Bonchev–Trinajstić information content (AvgIpc) is 2.14. The molecule has 1 aromatic rings. The lowest BCUT2D eigenvalue weighted by molar-refractivity contribution is 0.395. The van der Waals surface area contributed by atoms with E-state index in [1.165, 1.54) is 6.92 Å². The zero-order chi connectivity index (χ0) is 12.7. The summed E-state index contributed by atoms with van der Waals surface area (Å²) in [4.78, 5) is -2.01. The van der Waals surface area contributed by atoms with Crippen molar-refractivity contribution in [2.24, 2.45) is 0 Å². The van der Waals surface area contributed by atoms with Gasteiger partial charge in [-0.3, -0.25) is 4.55 Å². The molecule has 0 atom stereocenters. The molecule has 0 fully saturated rings. The first-order chi connectivity index (χ1) is 7.21. The number of hydrogen-bond acceptors (Lipinski definition) is 2. The van der Waals surface area contributed by atoms with E-state index in [4.69, 9.17) is 4.55 Å². The molecule has 1 rings (SSSR count). The molecule has 0 heterocycles. The number of halogens is 4. The van der Waals surface area contributed by atoms with Gasteiger partial charge in [0.25, 0.3) is 0 Å². The Bertz CT molecular complexity index is 510. The molecule has 0 radical (unpaired) electrons. The summed E-state index contributed by atoms with van der Waals surface area (Å²) in [6.07, 6.45) is -0.364. The van der Waals surface area contributed by atoms with Crippen LogP contribution in [0.15, 0.2) is 4.90 Å². The van der Waals surface area contributed by atoms with Crippen LogP contribution in [0.2, 0.25) is 0 Å². The molecule has 0 aliphatic heterocycles. The minimum Gasteiger partial charge on any atom is -0.282 e. The Labute approximate surface area is 88.5 Å². The second-order valence-electron chi connectivity index (χ2n) is 2.89. The molecule has 0 saturated heterocycles. The van der Waals surface area contributed by atoms with E-state index >= 15 is 0 Å². The van der Waals surface area contributed by atoms with E-state index in [0.717, 1.165) is 0 Å². The third-order valence-electron chi connectivity index (χ3n) is 1.93. The van der Waals surface area contributed by atoms with Gasteiger partial charge in [-0.05, 0) is 6.42 Å². The van der Waals surface area contributed by atoms with Crippen molar-refractivity contribution in [3.63, 3.8) is 0 Å². The van der Waals surface area contributed by atoms with E-state index < -0.39 is 43.8 Å². The first kappa shape index (κ1) is 12.9. The molecule has 8 heteroatoms. The van der Waals surface area contributed by atoms with Gasteiger partial charge in [-0.15, -0.1) is 0 Å². The van der Waals surface area contributed by atoms with Crippen LogP contribution >= 0.6 is 0 Å². The van der Waals surface area contributed by atoms with Crippen molar-refractivity contribution in [1.82, 2.24) is 0 Å². The standard InChI is InChI=1S/C8H6F4O3S/c1-2-3-4(9)6(11)8(16(13,14)15)7(12)5(3)10/h2H2,1H3,(H,13,14,15). The van der Waals surface area contributed by atoms with Gasteiger partial charge in [-0.2, -0.15) is 8.42 Å². The van der Waals surface area contributed by atoms with Gasteiger partial charge in [0.2, 0.25) is 0 Å². The number of benzene rings is 1. The molecule has 0 bridgehead atoms. The molecule has 0 saturated carbocycles. The minimum atomic E-state index is -5.36. The first-order valence-corrected chi connectivity index (χ1v) is 5.48. The van der Waals surface area contributed by atoms with Crippen LogP contribution in [0.3, 0.4) is 0 Å². The highest BCUT2D eigenvalue weighted by molar-refractivity contribution is 7.85. The van der Waals surface area contributed by atoms with Gasteiger partial charge in [0, 0.05) is 5.56 Å². The SMILES string of the molecule is CCc1c(F)c(F)c(S(=O)(=O)O)c(F)c1F. The molecule has 0 aliphatic carbocycles. The van der Waals surface area contributed by atoms with Crippen LogP contribution in [-0.4, -0.2) is 13.0 Å². The smallest absolute Gasteiger partial charge is 0.282 e. The molecule has 0 aliphatic rings. The Hall–Kier alpha value is -1.15. The van der Waals surface area contributed by atoms with E-state index in [1.54, 1.807) is 0 Å². The third-order valence-corrected chi connectivity index (χ3v) is 2.80. The molecule has 0 aromatic heterocycles. The highest BCUT2D eigenvalue weighted by Gasteiger charge is 2.31. The largest absolute Gasteiger partial charge is 0.300 e. The van der Waals surface area contributed by atoms with Crippen molar-refractivity contribution >= 4 is 10.1 Å². The molecule has 0 spiro atoms. The van der Waals surface area contributed by atoms with Crippen LogP contribution in [0.1, 0.15) is 12.5 Å². The molecule has 3 nitrogen and oxygen atoms in total. The molecule has 16 heavy (non-hydrogen) atoms. The fourth-order valence-corrected chi connectivity index (χ4v) is 1.83. The maximum atomic E-state index is 13.1. The lowest BCUT2D eigenvalue weighted by Gasteiger charge is -2.08. The monoisotopic (exact) mass is 258 g/mol. The Balaban J connectivity index is 3.82. The van der Waals surface area contributed by atoms with E-state index in [2.05, 4.69) is 0 Å². The summed E-state index contributed by atoms with van der Waals surface area (Å²) < 4.78 is 81.7. The van der Waals surface area contributed by atoms with Gasteiger partial charge in [-0.1, -0.05) is 6.92 Å². The van der Waals surface area contributed by atoms with Crippen molar-refractivity contribution in [3.8, 4) is 0 Å². The number of rotatable bonds is 2. The Morgan fingerprint density at radius 1 is 1.00 bits per heavy atom. The topological polar surface area (TPSA) is 54.4 Å². The Morgan fingerprint density at radius 2 is 1.38 bits per heavy atom. The van der Waals surface area contributed by atoms with Crippen LogP contribution in [0.25, 0.3) is 0 Å². The fraction of sp³-hybridized carbons (Fsp3) is 0.250. The van der Waals surface area contributed by atoms with Crippen molar-refractivity contribution in [1.29, 1.82) is 0 Å². The van der Waals surface area contributed by atoms with Gasteiger partial charge in [-0.25, -0.2) is 17.6 Å². The fourth-order valence-electron chi connectivity index (χ4n) is 1.19. The summed E-state index contributed by atoms with van der Waals surface area (Å²) in [5.41, 5.74) is -0.914. The van der Waals surface area contributed by atoms with Crippen LogP contribution < -0.4 is 0 Å². The molecular formula is C8H6F4O3S. The summed E-state index contributed by atoms with van der Waals surface area (Å²) >= 11 is 0. The Kier molecular flexibility index (Phi) is 3.25. The van der Waals surface area contributed by atoms with Gasteiger partial charge in [0.1, 0.15) is 0 Å². The summed E-state index contributed by atoms with van der Waals surface area (Å²) in [5.74, 6) is -7.90. The van der Waals surface area contributed by atoms with Crippen molar-refractivity contribution in [2.75, 3.05) is 0 Å². The molecule has 0 amide bonds. The van der Waals surface area contributed by atoms with Gasteiger partial charge < -0.3 is 0 Å². The molecule has 0 unspecified atom stereocenters. The molecule has 90 valence electrons. The lowest BCUT2D eigenvalue weighted by atomic mass is 10.1. The van der Waals surface area contributed by atoms with Crippen LogP contribution in [0, 0.1) is 23.3 Å². The molecule has 1 N–H and O–H groups in total. The molecule has 1 aromatic carbocycles. The maximum absolute atomic E-state index is 13.1. The van der Waals surface area contributed by atoms with Crippen molar-refractivity contribution in [3.05, 3.63) is 28.8 Å². The summed E-state index contributed by atoms with van der Waals surface area (Å²) in [6.45, 7) is 1.23. The highest BCUT2D eigenvalue weighted by Crippen LogP contribution is 2.27. The second kappa shape index (κ2) is 4.02. The lowest BCUT2D eigenvalue weighted by Crippen LogP contribution is -2.12. The summed E-state index contributed by atoms with van der Waals surface area (Å²) in [7, 11) is -5.36. The zero-order valence-corrected chi connectivity index (χ0v) is 8.71. The molecular weight excluding hydrogens is 252 g/mol. The van der Waals surface area contributed by atoms with Crippen LogP contribution in [0.5, 0.6) is 0 Å². The summed E-state index contributed by atoms with van der Waals surface area (Å²) in [5, 5.41) is 0. The first-order valence-electron chi connectivity index (χ1n) is 4.04. The van der Waals surface area contributed by atoms with Gasteiger partial charge in [0.05, 0.1) is 0 Å². The number of hydrogen-bond donors (Lipinski definition) is 1. The summed E-state index contributed by atoms with van der Waals surface area (Å²) in [6, 6.07) is 0. The maximum Gasteiger partial charge on any atom is 0.300 e. The minimum absolute atomic E-state index is 0.364. The van der Waals surface area contributed by atoms with E-state index in [9.17, 15) is 26.0 Å². The van der Waals surface area contributed by atoms with Gasteiger partial charge in [0.15, 0.2) is 28.2 Å². The third kappa shape index (κ3) is 1.90. The second-order valence-corrected chi connectivity index (χ2v) is 4.25. The van der Waals surface area contributed by atoms with Crippen molar-refractivity contribution in [2.45, 2.75) is 18.2 Å². The van der Waals surface area contributed by atoms with E-state index in [-0.39, 0.29) is 6.42 Å². The predicted octanol–water partition coefficient (Wildman–Crippen LogP) is 2.05. The quantitative estimate of drug-likeness (QED) is 0.502. The zero-order valence-electron chi connectivity index (χ0n) is 7.89. The average molecular weight is 258 g/mol.